The fourth-order valence-corrected chi connectivity index (χ4v) is 3.52. The van der Waals surface area contributed by atoms with Gasteiger partial charge in [0.05, 0.1) is 0 Å². The Balaban J connectivity index is 1.99. The molecule has 2 rings (SSSR count). The third-order valence-electron chi connectivity index (χ3n) is 4.27. The predicted octanol–water partition coefficient (Wildman–Crippen LogP) is 3.86. The molecular weight excluding hydrogens is 144 g/mol. The van der Waals surface area contributed by atoms with Gasteiger partial charge in [0.2, 0.25) is 0 Å². The van der Waals surface area contributed by atoms with Crippen LogP contribution < -0.4 is 0 Å². The van der Waals surface area contributed by atoms with Crippen molar-refractivity contribution in [1.82, 2.24) is 0 Å². The molecule has 2 aliphatic rings. The summed E-state index contributed by atoms with van der Waals surface area (Å²) in [6, 6.07) is 0. The highest BCUT2D eigenvalue weighted by molar-refractivity contribution is 4.85. The molecule has 0 aromatic carbocycles. The van der Waals surface area contributed by atoms with Crippen molar-refractivity contribution in [2.45, 2.75) is 52.4 Å². The maximum absolute atomic E-state index is 2.48. The van der Waals surface area contributed by atoms with Crippen LogP contribution in [-0.4, -0.2) is 0 Å². The first kappa shape index (κ1) is 8.59. The summed E-state index contributed by atoms with van der Waals surface area (Å²) in [7, 11) is 0. The molecule has 0 aliphatic heterocycles. The lowest BCUT2D eigenvalue weighted by molar-refractivity contribution is 0.0892. The molecule has 0 spiro atoms. The number of fused-ring (bicyclic) bond motifs is 1. The highest BCUT2D eigenvalue weighted by atomic mass is 14.4. The molecule has 0 bridgehead atoms. The van der Waals surface area contributed by atoms with E-state index >= 15 is 0 Å². The monoisotopic (exact) mass is 166 g/mol. The molecular formula is C12H22. The summed E-state index contributed by atoms with van der Waals surface area (Å²) in [5.74, 6) is 4.28. The van der Waals surface area contributed by atoms with Crippen LogP contribution in [0.4, 0.5) is 0 Å². The average Bonchev–Trinajstić information content (AvgIpc) is 2.04. The van der Waals surface area contributed by atoms with Crippen LogP contribution in [0.25, 0.3) is 0 Å². The molecule has 0 heterocycles. The van der Waals surface area contributed by atoms with E-state index in [1.807, 2.05) is 0 Å². The molecule has 2 fully saturated rings. The van der Waals surface area contributed by atoms with Crippen molar-refractivity contribution in [3.8, 4) is 0 Å². The maximum Gasteiger partial charge on any atom is -0.0360 e. The second-order valence-electron chi connectivity index (χ2n) is 5.25. The van der Waals surface area contributed by atoms with Gasteiger partial charge in [0.25, 0.3) is 0 Å². The Hall–Kier alpha value is 0. The minimum atomic E-state index is 1.02. The molecule has 70 valence electrons. The zero-order valence-corrected chi connectivity index (χ0v) is 8.55. The van der Waals surface area contributed by atoms with E-state index in [-0.39, 0.29) is 0 Å². The third kappa shape index (κ3) is 1.53. The second kappa shape index (κ2) is 3.40. The summed E-state index contributed by atoms with van der Waals surface area (Å²) in [4.78, 5) is 0. The normalized spacial score (nSPS) is 48.5. The minimum Gasteiger partial charge on any atom is -0.0625 e. The van der Waals surface area contributed by atoms with Gasteiger partial charge in [-0.15, -0.1) is 0 Å². The smallest absolute Gasteiger partial charge is 0.0360 e. The molecule has 0 aromatic rings. The van der Waals surface area contributed by atoms with Crippen molar-refractivity contribution in [2.24, 2.45) is 23.7 Å². The first-order chi connectivity index (χ1) is 5.77. The molecule has 0 radical (unpaired) electrons. The third-order valence-corrected chi connectivity index (χ3v) is 4.27. The van der Waals surface area contributed by atoms with Gasteiger partial charge in [0, 0.05) is 0 Å². The van der Waals surface area contributed by atoms with Crippen LogP contribution in [0.5, 0.6) is 0 Å². The largest absolute Gasteiger partial charge is 0.0625 e. The Morgan fingerprint density at radius 1 is 0.917 bits per heavy atom. The highest BCUT2D eigenvalue weighted by Gasteiger charge is 2.34. The van der Waals surface area contributed by atoms with E-state index in [4.69, 9.17) is 0 Å². The van der Waals surface area contributed by atoms with Gasteiger partial charge in [0.15, 0.2) is 0 Å². The number of hydrogen-bond acceptors (Lipinski definition) is 0. The summed E-state index contributed by atoms with van der Waals surface area (Å²) in [5, 5.41) is 0. The minimum absolute atomic E-state index is 1.02. The molecule has 0 amide bonds. The van der Waals surface area contributed by atoms with Gasteiger partial charge in [-0.25, -0.2) is 0 Å². The van der Waals surface area contributed by atoms with Gasteiger partial charge in [-0.2, -0.15) is 0 Å². The van der Waals surface area contributed by atoms with E-state index in [2.05, 4.69) is 13.8 Å². The van der Waals surface area contributed by atoms with Gasteiger partial charge in [0.1, 0.15) is 0 Å². The van der Waals surface area contributed by atoms with Crippen molar-refractivity contribution in [3.63, 3.8) is 0 Å². The topological polar surface area (TPSA) is 0 Å². The van der Waals surface area contributed by atoms with Crippen LogP contribution in [0, 0.1) is 23.7 Å². The molecule has 2 saturated carbocycles. The first-order valence-electron chi connectivity index (χ1n) is 5.77. The first-order valence-corrected chi connectivity index (χ1v) is 5.77. The van der Waals surface area contributed by atoms with E-state index in [0.29, 0.717) is 0 Å². The Morgan fingerprint density at radius 2 is 1.75 bits per heavy atom. The van der Waals surface area contributed by atoms with Crippen LogP contribution in [0.2, 0.25) is 0 Å². The summed E-state index contributed by atoms with van der Waals surface area (Å²) < 4.78 is 0. The van der Waals surface area contributed by atoms with Crippen molar-refractivity contribution in [2.75, 3.05) is 0 Å². The lowest BCUT2D eigenvalue weighted by atomic mass is 9.64. The molecule has 2 aliphatic carbocycles. The molecule has 0 nitrogen and oxygen atoms in total. The molecule has 0 heteroatoms. The van der Waals surface area contributed by atoms with Crippen molar-refractivity contribution in [1.29, 1.82) is 0 Å². The Labute approximate surface area is 76.7 Å². The lowest BCUT2D eigenvalue weighted by Gasteiger charge is -2.42. The standard InChI is InChI=1S/C12H22/c1-9-6-7-12-10(2)4-3-5-11(12)8-9/h9-12H,3-8H2,1-2H3/t9-,10+,11+,12-/m1/s1. The zero-order chi connectivity index (χ0) is 8.55. The van der Waals surface area contributed by atoms with Crippen molar-refractivity contribution >= 4 is 0 Å². The molecule has 0 aromatic heterocycles. The van der Waals surface area contributed by atoms with Crippen LogP contribution >= 0.6 is 0 Å². The summed E-state index contributed by atoms with van der Waals surface area (Å²) in [6.07, 6.45) is 9.14. The summed E-state index contributed by atoms with van der Waals surface area (Å²) in [5.41, 5.74) is 0. The fraction of sp³-hybridized carbons (Fsp3) is 1.00. The van der Waals surface area contributed by atoms with E-state index in [0.717, 1.165) is 23.7 Å². The highest BCUT2D eigenvalue weighted by Crippen LogP contribution is 2.45. The van der Waals surface area contributed by atoms with Crippen LogP contribution in [0.15, 0.2) is 0 Å². The van der Waals surface area contributed by atoms with Crippen LogP contribution in [-0.2, 0) is 0 Å². The van der Waals surface area contributed by atoms with Crippen LogP contribution in [0.1, 0.15) is 52.4 Å². The number of rotatable bonds is 0. The quantitative estimate of drug-likeness (QED) is 0.512. The SMILES string of the molecule is C[C@@H]1CC[C@H]2[C@@H](CCC[C@@H]2C)C1. The van der Waals surface area contributed by atoms with Gasteiger partial charge in [-0.1, -0.05) is 39.5 Å². The average molecular weight is 166 g/mol. The van der Waals surface area contributed by atoms with E-state index in [1.54, 1.807) is 6.42 Å². The van der Waals surface area contributed by atoms with Gasteiger partial charge in [-0.3, -0.25) is 0 Å². The van der Waals surface area contributed by atoms with E-state index in [1.165, 1.54) is 32.1 Å². The molecule has 4 atom stereocenters. The number of hydrogen-bond donors (Lipinski definition) is 0. The van der Waals surface area contributed by atoms with Crippen molar-refractivity contribution < 1.29 is 0 Å². The zero-order valence-electron chi connectivity index (χ0n) is 8.55. The van der Waals surface area contributed by atoms with Crippen molar-refractivity contribution in [3.05, 3.63) is 0 Å². The Kier molecular flexibility index (Phi) is 2.43. The summed E-state index contributed by atoms with van der Waals surface area (Å²) >= 11 is 0. The maximum atomic E-state index is 2.48. The van der Waals surface area contributed by atoms with Crippen LogP contribution in [0.3, 0.4) is 0 Å². The molecule has 0 unspecified atom stereocenters. The molecule has 0 N–H and O–H groups in total. The van der Waals surface area contributed by atoms with E-state index in [9.17, 15) is 0 Å². The molecule has 12 heavy (non-hydrogen) atoms. The lowest BCUT2D eigenvalue weighted by Crippen LogP contribution is -2.31. The summed E-state index contributed by atoms with van der Waals surface area (Å²) in [6.45, 7) is 4.92. The second-order valence-corrected chi connectivity index (χ2v) is 5.25. The fourth-order valence-electron chi connectivity index (χ4n) is 3.52. The van der Waals surface area contributed by atoms with Gasteiger partial charge < -0.3 is 0 Å². The van der Waals surface area contributed by atoms with Gasteiger partial charge >= 0.3 is 0 Å². The molecule has 0 saturated heterocycles. The van der Waals surface area contributed by atoms with E-state index < -0.39 is 0 Å². The Morgan fingerprint density at radius 3 is 2.58 bits per heavy atom. The Bertz CT molecular complexity index is 150. The predicted molar refractivity (Wildman–Crippen MR) is 53.0 cm³/mol. The van der Waals surface area contributed by atoms with Gasteiger partial charge in [-0.05, 0) is 36.5 Å².